The number of carboxylic acid groups (broad SMARTS) is 1. The van der Waals surface area contributed by atoms with Crippen molar-refractivity contribution in [1.29, 1.82) is 0 Å². The summed E-state index contributed by atoms with van der Waals surface area (Å²) in [6.07, 6.45) is 0. The fourth-order valence-electron chi connectivity index (χ4n) is 3.09. The molecule has 3 aromatic rings. The molecule has 3 rings (SSSR count). The molecule has 0 aliphatic heterocycles. The van der Waals surface area contributed by atoms with Gasteiger partial charge in [-0.25, -0.2) is 4.79 Å². The molecule has 5 N–H and O–H groups in total. The average molecular weight is 348 g/mol. The summed E-state index contributed by atoms with van der Waals surface area (Å²) in [6, 6.07) is 18.3. The van der Waals surface area contributed by atoms with Crippen LogP contribution in [0.25, 0.3) is 22.3 Å². The highest BCUT2D eigenvalue weighted by Gasteiger charge is 2.27. The molecule has 5 heteroatoms. The molecule has 0 unspecified atom stereocenters. The van der Waals surface area contributed by atoms with Crippen LogP contribution < -0.4 is 16.2 Å². The minimum atomic E-state index is -1.09. The summed E-state index contributed by atoms with van der Waals surface area (Å²) in [4.78, 5) is 12.2. The standard InChI is InChI=1S/C21H20N2O3/c1-2-26-20-18(22)15(13-9-5-3-6-10-13)17(21(24)25)16(19(20)23)14-11-7-4-8-12-14/h3-12H,2,22-23H2,1H3,(H,24,25). The first kappa shape index (κ1) is 17.4. The van der Waals surface area contributed by atoms with Gasteiger partial charge in [-0.1, -0.05) is 60.7 Å². The lowest BCUT2D eigenvalue weighted by molar-refractivity contribution is 0.0698. The minimum absolute atomic E-state index is 0.0702. The molecule has 5 nitrogen and oxygen atoms in total. The summed E-state index contributed by atoms with van der Waals surface area (Å²) in [7, 11) is 0. The van der Waals surface area contributed by atoms with Gasteiger partial charge in [0.05, 0.1) is 23.5 Å². The summed E-state index contributed by atoms with van der Waals surface area (Å²) < 4.78 is 5.68. The van der Waals surface area contributed by atoms with Gasteiger partial charge in [0.1, 0.15) is 0 Å². The van der Waals surface area contributed by atoms with Crippen LogP contribution in [0, 0.1) is 0 Å². The molecule has 3 aromatic carbocycles. The van der Waals surface area contributed by atoms with Gasteiger partial charge in [-0.2, -0.15) is 0 Å². The molecule has 0 amide bonds. The normalized spacial score (nSPS) is 10.5. The van der Waals surface area contributed by atoms with Crippen LogP contribution in [-0.2, 0) is 0 Å². The third-order valence-electron chi connectivity index (χ3n) is 4.16. The van der Waals surface area contributed by atoms with E-state index >= 15 is 0 Å². The monoisotopic (exact) mass is 348 g/mol. The maximum Gasteiger partial charge on any atom is 0.337 e. The SMILES string of the molecule is CCOc1c(N)c(-c2ccccc2)c(C(=O)O)c(-c2ccccc2)c1N. The fourth-order valence-corrected chi connectivity index (χ4v) is 3.09. The maximum absolute atomic E-state index is 12.2. The van der Waals surface area contributed by atoms with Gasteiger partial charge in [-0.15, -0.1) is 0 Å². The van der Waals surface area contributed by atoms with Crippen molar-refractivity contribution in [3.05, 3.63) is 66.2 Å². The van der Waals surface area contributed by atoms with Gasteiger partial charge < -0.3 is 21.3 Å². The van der Waals surface area contributed by atoms with E-state index in [0.717, 1.165) is 0 Å². The largest absolute Gasteiger partial charge is 0.489 e. The van der Waals surface area contributed by atoms with Crippen molar-refractivity contribution in [1.82, 2.24) is 0 Å². The van der Waals surface area contributed by atoms with E-state index in [-0.39, 0.29) is 16.9 Å². The van der Waals surface area contributed by atoms with E-state index < -0.39 is 5.97 Å². The predicted molar refractivity (Wildman–Crippen MR) is 104 cm³/mol. The van der Waals surface area contributed by atoms with Gasteiger partial charge in [-0.3, -0.25) is 0 Å². The highest BCUT2D eigenvalue weighted by atomic mass is 16.5. The second-order valence-corrected chi connectivity index (χ2v) is 5.75. The highest BCUT2D eigenvalue weighted by molar-refractivity contribution is 6.11. The first-order valence-electron chi connectivity index (χ1n) is 8.28. The summed E-state index contributed by atoms with van der Waals surface area (Å²) in [6.45, 7) is 2.19. The number of anilines is 2. The molecule has 132 valence electrons. The van der Waals surface area contributed by atoms with E-state index in [9.17, 15) is 9.90 Å². The van der Waals surface area contributed by atoms with Crippen LogP contribution in [0.15, 0.2) is 60.7 Å². The Bertz CT molecular complexity index is 872. The molecule has 26 heavy (non-hydrogen) atoms. The molecule has 0 radical (unpaired) electrons. The lowest BCUT2D eigenvalue weighted by atomic mass is 9.88. The van der Waals surface area contributed by atoms with Crippen molar-refractivity contribution in [3.8, 4) is 28.0 Å². The quantitative estimate of drug-likeness (QED) is 0.598. The topological polar surface area (TPSA) is 98.6 Å². The van der Waals surface area contributed by atoms with Crippen molar-refractivity contribution in [2.75, 3.05) is 18.1 Å². The Morgan fingerprint density at radius 3 is 1.65 bits per heavy atom. The van der Waals surface area contributed by atoms with Crippen LogP contribution in [0.5, 0.6) is 5.75 Å². The molecule has 0 spiro atoms. The summed E-state index contributed by atoms with van der Waals surface area (Å²) in [5.74, 6) is -0.778. The lowest BCUT2D eigenvalue weighted by Crippen LogP contribution is -2.11. The molecule has 0 aromatic heterocycles. The predicted octanol–water partition coefficient (Wildman–Crippen LogP) is 4.28. The van der Waals surface area contributed by atoms with E-state index in [1.807, 2.05) is 67.6 Å². The number of aromatic carboxylic acids is 1. The van der Waals surface area contributed by atoms with Crippen molar-refractivity contribution in [3.63, 3.8) is 0 Å². The summed E-state index contributed by atoms with van der Waals surface area (Å²) in [5, 5.41) is 9.99. The van der Waals surface area contributed by atoms with Gasteiger partial charge in [-0.05, 0) is 18.1 Å². The first-order valence-corrected chi connectivity index (χ1v) is 8.28. The number of hydrogen-bond acceptors (Lipinski definition) is 4. The first-order chi connectivity index (χ1) is 12.6. The molecule has 0 heterocycles. The Morgan fingerprint density at radius 2 is 1.31 bits per heavy atom. The van der Waals surface area contributed by atoms with Crippen LogP contribution in [0.4, 0.5) is 11.4 Å². The van der Waals surface area contributed by atoms with E-state index in [1.54, 1.807) is 0 Å². The van der Waals surface area contributed by atoms with Crippen molar-refractivity contribution in [2.45, 2.75) is 6.92 Å². The number of nitrogen functional groups attached to an aromatic ring is 2. The number of rotatable bonds is 5. The molecule has 0 saturated carbocycles. The molecular formula is C21H20N2O3. The average Bonchev–Trinajstić information content (AvgIpc) is 2.66. The lowest BCUT2D eigenvalue weighted by Gasteiger charge is -2.21. The number of ether oxygens (including phenoxy) is 1. The Kier molecular flexibility index (Phi) is 4.80. The van der Waals surface area contributed by atoms with Crippen LogP contribution in [-0.4, -0.2) is 17.7 Å². The van der Waals surface area contributed by atoms with Crippen LogP contribution in [0.1, 0.15) is 17.3 Å². The second-order valence-electron chi connectivity index (χ2n) is 5.75. The van der Waals surface area contributed by atoms with Gasteiger partial charge >= 0.3 is 5.97 Å². The van der Waals surface area contributed by atoms with E-state index in [1.165, 1.54) is 0 Å². The Labute approximate surface area is 151 Å². The van der Waals surface area contributed by atoms with Crippen LogP contribution >= 0.6 is 0 Å². The fraction of sp³-hybridized carbons (Fsp3) is 0.0952. The third kappa shape index (κ3) is 2.95. The third-order valence-corrected chi connectivity index (χ3v) is 4.16. The minimum Gasteiger partial charge on any atom is -0.489 e. The second kappa shape index (κ2) is 7.19. The molecule has 0 aliphatic rings. The smallest absolute Gasteiger partial charge is 0.337 e. The van der Waals surface area contributed by atoms with Crippen molar-refractivity contribution < 1.29 is 14.6 Å². The van der Waals surface area contributed by atoms with E-state index in [0.29, 0.717) is 34.6 Å². The Morgan fingerprint density at radius 1 is 0.885 bits per heavy atom. The van der Waals surface area contributed by atoms with Crippen LogP contribution in [0.3, 0.4) is 0 Å². The maximum atomic E-state index is 12.2. The van der Waals surface area contributed by atoms with E-state index in [2.05, 4.69) is 0 Å². The number of nitrogens with two attached hydrogens (primary N) is 2. The van der Waals surface area contributed by atoms with E-state index in [4.69, 9.17) is 16.2 Å². The number of carboxylic acids is 1. The Hall–Kier alpha value is -3.47. The zero-order chi connectivity index (χ0) is 18.7. The Balaban J connectivity index is 2.47. The van der Waals surface area contributed by atoms with Gasteiger partial charge in [0.15, 0.2) is 5.75 Å². The number of hydrogen-bond donors (Lipinski definition) is 3. The van der Waals surface area contributed by atoms with Crippen molar-refractivity contribution in [2.24, 2.45) is 0 Å². The molecule has 0 atom stereocenters. The van der Waals surface area contributed by atoms with Crippen LogP contribution in [0.2, 0.25) is 0 Å². The molecule has 0 fully saturated rings. The molecular weight excluding hydrogens is 328 g/mol. The number of carbonyl (C=O) groups is 1. The number of benzene rings is 3. The zero-order valence-electron chi connectivity index (χ0n) is 14.4. The van der Waals surface area contributed by atoms with Gasteiger partial charge in [0, 0.05) is 11.1 Å². The zero-order valence-corrected chi connectivity index (χ0v) is 14.4. The van der Waals surface area contributed by atoms with Crippen molar-refractivity contribution >= 4 is 17.3 Å². The molecule has 0 saturated heterocycles. The van der Waals surface area contributed by atoms with Gasteiger partial charge in [0.25, 0.3) is 0 Å². The molecule has 0 aliphatic carbocycles. The summed E-state index contributed by atoms with van der Waals surface area (Å²) >= 11 is 0. The highest BCUT2D eigenvalue weighted by Crippen LogP contribution is 2.47. The summed E-state index contributed by atoms with van der Waals surface area (Å²) in [5.41, 5.74) is 15.4. The van der Waals surface area contributed by atoms with Gasteiger partial charge in [0.2, 0.25) is 0 Å². The molecule has 0 bridgehead atoms.